The Labute approximate surface area is 133 Å². The van der Waals surface area contributed by atoms with Gasteiger partial charge in [-0.25, -0.2) is 4.98 Å². The van der Waals surface area contributed by atoms with Gasteiger partial charge in [-0.15, -0.1) is 11.6 Å². The van der Waals surface area contributed by atoms with Crippen LogP contribution in [0.5, 0.6) is 11.5 Å². The Morgan fingerprint density at radius 1 is 1.36 bits per heavy atom. The van der Waals surface area contributed by atoms with E-state index in [2.05, 4.69) is 10.3 Å². The predicted molar refractivity (Wildman–Crippen MR) is 83.8 cm³/mol. The molecule has 3 rings (SSSR count). The van der Waals surface area contributed by atoms with Crippen LogP contribution in [0.15, 0.2) is 18.3 Å². The molecule has 0 saturated heterocycles. The highest BCUT2D eigenvalue weighted by atomic mass is 35.5. The zero-order chi connectivity index (χ0) is 15.7. The summed E-state index contributed by atoms with van der Waals surface area (Å²) in [6, 6.07) is 3.93. The van der Waals surface area contributed by atoms with Gasteiger partial charge >= 0.3 is 0 Å². The van der Waals surface area contributed by atoms with Crippen LogP contribution < -0.4 is 14.8 Å². The maximum atomic E-state index is 11.5. The number of imidazole rings is 1. The highest BCUT2D eigenvalue weighted by Gasteiger charge is 2.22. The molecule has 0 aliphatic carbocycles. The molecule has 0 unspecified atom stereocenters. The van der Waals surface area contributed by atoms with Gasteiger partial charge in [-0.2, -0.15) is 0 Å². The van der Waals surface area contributed by atoms with Crippen molar-refractivity contribution in [1.82, 2.24) is 9.55 Å². The van der Waals surface area contributed by atoms with Crippen molar-refractivity contribution in [2.75, 3.05) is 25.4 Å². The second kappa shape index (κ2) is 5.88. The quantitative estimate of drug-likeness (QED) is 0.878. The fourth-order valence-corrected chi connectivity index (χ4v) is 2.74. The fourth-order valence-electron chi connectivity index (χ4n) is 2.67. The summed E-state index contributed by atoms with van der Waals surface area (Å²) in [5.74, 6) is 1.53. The highest BCUT2D eigenvalue weighted by Crippen LogP contribution is 2.39. The van der Waals surface area contributed by atoms with Crippen LogP contribution in [0.25, 0.3) is 11.3 Å². The summed E-state index contributed by atoms with van der Waals surface area (Å²) < 4.78 is 12.7. The van der Waals surface area contributed by atoms with E-state index >= 15 is 0 Å². The van der Waals surface area contributed by atoms with Crippen molar-refractivity contribution in [2.24, 2.45) is 0 Å². The average molecular weight is 322 g/mol. The smallest absolute Gasteiger partial charge is 0.241 e. The van der Waals surface area contributed by atoms with Crippen LogP contribution in [-0.4, -0.2) is 35.6 Å². The number of benzene rings is 1. The van der Waals surface area contributed by atoms with Crippen LogP contribution in [-0.2, 0) is 17.8 Å². The lowest BCUT2D eigenvalue weighted by Gasteiger charge is -2.22. The van der Waals surface area contributed by atoms with E-state index in [9.17, 15) is 4.79 Å². The van der Waals surface area contributed by atoms with Crippen LogP contribution in [0, 0.1) is 0 Å². The molecule has 6 nitrogen and oxygen atoms in total. The number of amides is 1. The van der Waals surface area contributed by atoms with Gasteiger partial charge in [-0.3, -0.25) is 10.1 Å². The number of halogens is 1. The monoisotopic (exact) mass is 321 g/mol. The first-order valence-corrected chi connectivity index (χ1v) is 7.38. The number of carbonyl (C=O) groups excluding carboxylic acids is 1. The third-order valence-corrected chi connectivity index (χ3v) is 3.96. The molecule has 1 aromatic carbocycles. The second-order valence-electron chi connectivity index (χ2n) is 4.91. The Morgan fingerprint density at radius 2 is 2.09 bits per heavy atom. The number of anilines is 1. The molecule has 7 heteroatoms. The van der Waals surface area contributed by atoms with Gasteiger partial charge in [-0.1, -0.05) is 0 Å². The number of hydrogen-bond donors (Lipinski definition) is 1. The van der Waals surface area contributed by atoms with Crippen molar-refractivity contribution in [3.8, 4) is 22.8 Å². The normalized spacial score (nSPS) is 12.3. The molecule has 116 valence electrons. The van der Waals surface area contributed by atoms with Crippen molar-refractivity contribution >= 4 is 23.5 Å². The number of nitrogens with zero attached hydrogens (tertiary/aromatic N) is 2. The summed E-state index contributed by atoms with van der Waals surface area (Å²) in [6.45, 7) is 0.732. The molecular formula is C15H16ClN3O3. The van der Waals surface area contributed by atoms with E-state index < -0.39 is 0 Å². The van der Waals surface area contributed by atoms with E-state index in [1.165, 1.54) is 5.56 Å². The molecule has 2 heterocycles. The summed E-state index contributed by atoms with van der Waals surface area (Å²) in [4.78, 5) is 15.7. The van der Waals surface area contributed by atoms with Gasteiger partial charge in [0, 0.05) is 12.1 Å². The first-order valence-electron chi connectivity index (χ1n) is 6.84. The molecule has 1 aliphatic rings. The molecular weight excluding hydrogens is 306 g/mol. The number of fused-ring (bicyclic) bond motifs is 3. The van der Waals surface area contributed by atoms with Gasteiger partial charge in [-0.05, 0) is 24.1 Å². The lowest BCUT2D eigenvalue weighted by molar-refractivity contribution is -0.114. The van der Waals surface area contributed by atoms with E-state index in [0.717, 1.165) is 24.2 Å². The maximum absolute atomic E-state index is 11.5. The van der Waals surface area contributed by atoms with Crippen molar-refractivity contribution in [1.29, 1.82) is 0 Å². The molecule has 1 aromatic heterocycles. The Balaban J connectivity index is 2.05. The third-order valence-electron chi connectivity index (χ3n) is 3.72. The molecule has 0 spiro atoms. The van der Waals surface area contributed by atoms with Crippen LogP contribution in [0.1, 0.15) is 5.56 Å². The molecule has 2 aromatic rings. The van der Waals surface area contributed by atoms with Gasteiger partial charge in [0.2, 0.25) is 11.9 Å². The predicted octanol–water partition coefficient (Wildman–Crippen LogP) is 2.30. The number of hydrogen-bond acceptors (Lipinski definition) is 4. The number of aryl methyl sites for hydroxylation is 1. The van der Waals surface area contributed by atoms with E-state index in [-0.39, 0.29) is 11.8 Å². The second-order valence-corrected chi connectivity index (χ2v) is 5.18. The molecule has 22 heavy (non-hydrogen) atoms. The van der Waals surface area contributed by atoms with E-state index in [1.807, 2.05) is 16.7 Å². The van der Waals surface area contributed by atoms with Gasteiger partial charge in [0.15, 0.2) is 11.5 Å². The number of methoxy groups -OCH3 is 2. The standard InChI is InChI=1S/C15H16ClN3O3/c1-21-12-5-9-3-4-19-11(10(9)6-13(12)22-2)8-17-15(19)18-14(20)7-16/h5-6,8H,3-4,7H2,1-2H3,(H,17,18,20). The highest BCUT2D eigenvalue weighted by molar-refractivity contribution is 6.28. The van der Waals surface area contributed by atoms with Crippen molar-refractivity contribution in [3.05, 3.63) is 23.9 Å². The SMILES string of the molecule is COc1cc2c(cc1OC)-c1cnc(NC(=O)CCl)n1CC2. The number of aromatic nitrogens is 2. The van der Waals surface area contributed by atoms with Crippen LogP contribution >= 0.6 is 11.6 Å². The number of rotatable bonds is 4. The lowest BCUT2D eigenvalue weighted by Crippen LogP contribution is -2.19. The largest absolute Gasteiger partial charge is 0.493 e. The number of ether oxygens (including phenoxy) is 2. The molecule has 0 bridgehead atoms. The minimum atomic E-state index is -0.270. The van der Waals surface area contributed by atoms with E-state index in [1.54, 1.807) is 20.4 Å². The zero-order valence-corrected chi connectivity index (χ0v) is 13.1. The molecule has 1 aliphatic heterocycles. The van der Waals surface area contributed by atoms with Crippen molar-refractivity contribution in [3.63, 3.8) is 0 Å². The van der Waals surface area contributed by atoms with Crippen molar-refractivity contribution < 1.29 is 14.3 Å². The molecule has 1 N–H and O–H groups in total. The van der Waals surface area contributed by atoms with Gasteiger partial charge in [0.1, 0.15) is 5.88 Å². The number of carbonyl (C=O) groups is 1. The third kappa shape index (κ3) is 2.39. The molecule has 0 saturated carbocycles. The zero-order valence-electron chi connectivity index (χ0n) is 12.4. The Hall–Kier alpha value is -2.21. The summed E-state index contributed by atoms with van der Waals surface area (Å²) in [5.41, 5.74) is 3.13. The molecule has 0 radical (unpaired) electrons. The van der Waals surface area contributed by atoms with Gasteiger partial charge in [0.05, 0.1) is 26.1 Å². The fraction of sp³-hybridized carbons (Fsp3) is 0.333. The number of nitrogens with one attached hydrogen (secondary N) is 1. The first kappa shape index (κ1) is 14.7. The average Bonchev–Trinajstić information content (AvgIpc) is 2.96. The van der Waals surface area contributed by atoms with Crippen LogP contribution in [0.3, 0.4) is 0 Å². The van der Waals surface area contributed by atoms with Gasteiger partial charge < -0.3 is 14.0 Å². The van der Waals surface area contributed by atoms with Gasteiger partial charge in [0.25, 0.3) is 0 Å². The number of alkyl halides is 1. The minimum Gasteiger partial charge on any atom is -0.493 e. The summed E-state index contributed by atoms with van der Waals surface area (Å²) in [5, 5.41) is 2.71. The summed E-state index contributed by atoms with van der Waals surface area (Å²) in [6.07, 6.45) is 2.57. The van der Waals surface area contributed by atoms with Crippen LogP contribution in [0.4, 0.5) is 5.95 Å². The molecule has 0 fully saturated rings. The van der Waals surface area contributed by atoms with Crippen LogP contribution in [0.2, 0.25) is 0 Å². The summed E-state index contributed by atoms with van der Waals surface area (Å²) >= 11 is 5.53. The lowest BCUT2D eigenvalue weighted by atomic mass is 9.98. The van der Waals surface area contributed by atoms with Crippen molar-refractivity contribution in [2.45, 2.75) is 13.0 Å². The maximum Gasteiger partial charge on any atom is 0.241 e. The first-order chi connectivity index (χ1) is 10.7. The Bertz CT molecular complexity index is 727. The minimum absolute atomic E-state index is 0.0935. The van der Waals surface area contributed by atoms with E-state index in [0.29, 0.717) is 17.4 Å². The Morgan fingerprint density at radius 3 is 2.77 bits per heavy atom. The molecule has 1 amide bonds. The van der Waals surface area contributed by atoms with E-state index in [4.69, 9.17) is 21.1 Å². The molecule has 0 atom stereocenters. The topological polar surface area (TPSA) is 65.4 Å². The summed E-state index contributed by atoms with van der Waals surface area (Å²) in [7, 11) is 3.23. The Kier molecular flexibility index (Phi) is 3.94.